The highest BCUT2D eigenvalue weighted by Crippen LogP contribution is 2.58. The van der Waals surface area contributed by atoms with Crippen LogP contribution < -0.4 is 11.1 Å². The Hall–Kier alpha value is -0.0800. The molecule has 0 spiro atoms. The summed E-state index contributed by atoms with van der Waals surface area (Å²) in [6, 6.07) is 0. The first kappa shape index (κ1) is 11.0. The first-order chi connectivity index (χ1) is 7.81. The van der Waals surface area contributed by atoms with Crippen LogP contribution in [-0.2, 0) is 0 Å². The molecular formula is C14H26N2. The lowest BCUT2D eigenvalue weighted by atomic mass is 9.49. The minimum atomic E-state index is 0.736. The monoisotopic (exact) mass is 222 g/mol. The Morgan fingerprint density at radius 1 is 1.06 bits per heavy atom. The standard InChI is InChI=1S/C14H26N2/c1-16-8-13(7-15)14-11-3-9-2-10(5-11)6-12(14)4-9/h9-14,16H,2-8,15H2,1H3. The molecule has 1 unspecified atom stereocenters. The molecule has 0 heterocycles. The van der Waals surface area contributed by atoms with Crippen LogP contribution in [0.25, 0.3) is 0 Å². The maximum absolute atomic E-state index is 6.00. The van der Waals surface area contributed by atoms with E-state index in [9.17, 15) is 0 Å². The van der Waals surface area contributed by atoms with Gasteiger partial charge in [0.05, 0.1) is 0 Å². The molecule has 4 aliphatic carbocycles. The fraction of sp³-hybridized carbons (Fsp3) is 1.00. The van der Waals surface area contributed by atoms with Gasteiger partial charge in [0, 0.05) is 0 Å². The highest BCUT2D eigenvalue weighted by Gasteiger charge is 2.49. The molecule has 4 bridgehead atoms. The van der Waals surface area contributed by atoms with Gasteiger partial charge in [0.25, 0.3) is 0 Å². The SMILES string of the molecule is CNCC(CN)C1C2CC3CC(C2)CC1C3. The molecule has 0 radical (unpaired) electrons. The lowest BCUT2D eigenvalue weighted by molar-refractivity contribution is -0.0594. The van der Waals surface area contributed by atoms with E-state index in [-0.39, 0.29) is 0 Å². The third-order valence-electron chi connectivity index (χ3n) is 5.61. The summed E-state index contributed by atoms with van der Waals surface area (Å²) < 4.78 is 0. The van der Waals surface area contributed by atoms with Crippen molar-refractivity contribution in [3.05, 3.63) is 0 Å². The zero-order chi connectivity index (χ0) is 11.1. The number of hydrogen-bond donors (Lipinski definition) is 2. The van der Waals surface area contributed by atoms with E-state index in [1.165, 1.54) is 25.7 Å². The fourth-order valence-electron chi connectivity index (χ4n) is 5.38. The molecule has 2 nitrogen and oxygen atoms in total. The maximum atomic E-state index is 6.00. The molecule has 1 atom stereocenters. The average Bonchev–Trinajstić information content (AvgIpc) is 2.26. The number of nitrogens with two attached hydrogens (primary N) is 1. The number of hydrogen-bond acceptors (Lipinski definition) is 2. The minimum absolute atomic E-state index is 0.736. The molecular weight excluding hydrogens is 196 g/mol. The molecule has 92 valence electrons. The summed E-state index contributed by atoms with van der Waals surface area (Å²) in [6.45, 7) is 2.01. The second-order valence-electron chi connectivity index (χ2n) is 6.56. The van der Waals surface area contributed by atoms with E-state index in [0.29, 0.717) is 0 Å². The van der Waals surface area contributed by atoms with E-state index < -0.39 is 0 Å². The topological polar surface area (TPSA) is 38.0 Å². The van der Waals surface area contributed by atoms with E-state index >= 15 is 0 Å². The molecule has 0 aromatic carbocycles. The van der Waals surface area contributed by atoms with Gasteiger partial charge in [-0.05, 0) is 87.7 Å². The Balaban J connectivity index is 1.75. The highest BCUT2D eigenvalue weighted by molar-refractivity contribution is 5.00. The van der Waals surface area contributed by atoms with Crippen LogP contribution in [0.5, 0.6) is 0 Å². The Kier molecular flexibility index (Phi) is 2.97. The molecule has 0 aliphatic heterocycles. The van der Waals surface area contributed by atoms with Gasteiger partial charge in [-0.25, -0.2) is 0 Å². The first-order valence-electron chi connectivity index (χ1n) is 7.16. The molecule has 0 aromatic rings. The van der Waals surface area contributed by atoms with Gasteiger partial charge in [0.2, 0.25) is 0 Å². The third-order valence-corrected chi connectivity index (χ3v) is 5.61. The van der Waals surface area contributed by atoms with E-state index in [4.69, 9.17) is 5.73 Å². The zero-order valence-corrected chi connectivity index (χ0v) is 10.5. The van der Waals surface area contributed by atoms with Crippen LogP contribution in [0, 0.1) is 35.5 Å². The van der Waals surface area contributed by atoms with Gasteiger partial charge in [0.15, 0.2) is 0 Å². The van der Waals surface area contributed by atoms with Crippen LogP contribution in [0.15, 0.2) is 0 Å². The highest BCUT2D eigenvalue weighted by atomic mass is 14.8. The Morgan fingerprint density at radius 3 is 2.06 bits per heavy atom. The Bertz CT molecular complexity index is 220. The van der Waals surface area contributed by atoms with Gasteiger partial charge in [-0.3, -0.25) is 0 Å². The second-order valence-corrected chi connectivity index (χ2v) is 6.56. The number of nitrogens with one attached hydrogen (secondary N) is 1. The van der Waals surface area contributed by atoms with Gasteiger partial charge >= 0.3 is 0 Å². The molecule has 0 amide bonds. The third kappa shape index (κ3) is 1.70. The summed E-state index contributed by atoms with van der Waals surface area (Å²) in [6.07, 6.45) is 7.66. The Morgan fingerprint density at radius 2 is 1.62 bits per heavy atom. The van der Waals surface area contributed by atoms with Gasteiger partial charge < -0.3 is 11.1 Å². The predicted molar refractivity (Wildman–Crippen MR) is 67.0 cm³/mol. The lowest BCUT2D eigenvalue weighted by Crippen LogP contribution is -2.50. The van der Waals surface area contributed by atoms with Crippen molar-refractivity contribution in [1.82, 2.24) is 5.32 Å². The Labute approximate surface area is 99.4 Å². The quantitative estimate of drug-likeness (QED) is 0.762. The van der Waals surface area contributed by atoms with E-state index in [0.717, 1.165) is 48.6 Å². The van der Waals surface area contributed by atoms with Crippen LogP contribution in [0.2, 0.25) is 0 Å². The largest absolute Gasteiger partial charge is 0.330 e. The van der Waals surface area contributed by atoms with E-state index in [1.807, 2.05) is 0 Å². The molecule has 0 saturated heterocycles. The summed E-state index contributed by atoms with van der Waals surface area (Å²) in [5.74, 6) is 5.92. The molecule has 0 aromatic heterocycles. The summed E-state index contributed by atoms with van der Waals surface area (Å²) in [5.41, 5.74) is 6.00. The molecule has 16 heavy (non-hydrogen) atoms. The molecule has 4 aliphatic rings. The van der Waals surface area contributed by atoms with Gasteiger partial charge in [-0.15, -0.1) is 0 Å². The average molecular weight is 222 g/mol. The van der Waals surface area contributed by atoms with Gasteiger partial charge in [-0.1, -0.05) is 0 Å². The fourth-order valence-corrected chi connectivity index (χ4v) is 5.38. The predicted octanol–water partition coefficient (Wildman–Crippen LogP) is 1.85. The van der Waals surface area contributed by atoms with Crippen molar-refractivity contribution in [2.45, 2.75) is 32.1 Å². The second kappa shape index (κ2) is 4.30. The van der Waals surface area contributed by atoms with Crippen molar-refractivity contribution in [3.8, 4) is 0 Å². The van der Waals surface area contributed by atoms with Gasteiger partial charge in [0.1, 0.15) is 0 Å². The van der Waals surface area contributed by atoms with Crippen LogP contribution >= 0.6 is 0 Å². The van der Waals surface area contributed by atoms with E-state index in [2.05, 4.69) is 12.4 Å². The summed E-state index contributed by atoms with van der Waals surface area (Å²) in [7, 11) is 2.07. The molecule has 2 heteroatoms. The van der Waals surface area contributed by atoms with Crippen molar-refractivity contribution < 1.29 is 0 Å². The van der Waals surface area contributed by atoms with Crippen molar-refractivity contribution in [2.75, 3.05) is 20.1 Å². The molecule has 4 rings (SSSR count). The van der Waals surface area contributed by atoms with E-state index in [1.54, 1.807) is 6.42 Å². The summed E-state index contributed by atoms with van der Waals surface area (Å²) in [5, 5.41) is 3.35. The summed E-state index contributed by atoms with van der Waals surface area (Å²) in [4.78, 5) is 0. The normalized spacial score (nSPS) is 47.2. The molecule has 4 fully saturated rings. The zero-order valence-electron chi connectivity index (χ0n) is 10.5. The van der Waals surface area contributed by atoms with Crippen LogP contribution in [0.3, 0.4) is 0 Å². The minimum Gasteiger partial charge on any atom is -0.330 e. The maximum Gasteiger partial charge on any atom is -0.000860 e. The van der Waals surface area contributed by atoms with Crippen LogP contribution in [0.4, 0.5) is 0 Å². The van der Waals surface area contributed by atoms with Crippen molar-refractivity contribution in [1.29, 1.82) is 0 Å². The lowest BCUT2D eigenvalue weighted by Gasteiger charge is -2.56. The van der Waals surface area contributed by atoms with Crippen molar-refractivity contribution >= 4 is 0 Å². The summed E-state index contributed by atoms with van der Waals surface area (Å²) >= 11 is 0. The first-order valence-corrected chi connectivity index (χ1v) is 7.16. The van der Waals surface area contributed by atoms with Crippen molar-refractivity contribution in [2.24, 2.45) is 41.2 Å². The molecule has 3 N–H and O–H groups in total. The molecule has 4 saturated carbocycles. The van der Waals surface area contributed by atoms with Gasteiger partial charge in [-0.2, -0.15) is 0 Å². The van der Waals surface area contributed by atoms with Crippen molar-refractivity contribution in [3.63, 3.8) is 0 Å². The number of rotatable bonds is 4. The smallest absolute Gasteiger partial charge is 0.000860 e. The van der Waals surface area contributed by atoms with Crippen LogP contribution in [-0.4, -0.2) is 20.1 Å². The van der Waals surface area contributed by atoms with Crippen LogP contribution in [0.1, 0.15) is 32.1 Å².